The summed E-state index contributed by atoms with van der Waals surface area (Å²) in [4.78, 5) is 17.9. The Morgan fingerprint density at radius 2 is 2.31 bits per heavy atom. The Balaban J connectivity index is 1.81. The van der Waals surface area contributed by atoms with Crippen molar-refractivity contribution in [2.24, 2.45) is 10.9 Å². The summed E-state index contributed by atoms with van der Waals surface area (Å²) in [6.45, 7) is 8.58. The Bertz CT molecular complexity index is 667. The molecule has 5 heteroatoms. The standard InChI is InChI=1S/C21H31N3O2/c1-4-21(12-7-13-22-14-21)24-20(25)17-11-10-16-8-6-9-18(26-5-2)19(16)23-15(17)3/h6,8-9,16,22H,4-5,7,10-14H2,1-3H3,(H,24,25). The average molecular weight is 357 g/mol. The van der Waals surface area contributed by atoms with Crippen LogP contribution in [-0.2, 0) is 9.53 Å². The third-order valence-corrected chi connectivity index (χ3v) is 5.73. The van der Waals surface area contributed by atoms with Crippen molar-refractivity contribution >= 4 is 11.6 Å². The van der Waals surface area contributed by atoms with E-state index in [1.807, 2.05) is 26.0 Å². The molecule has 0 saturated carbocycles. The molecule has 3 rings (SSSR count). The van der Waals surface area contributed by atoms with Crippen LogP contribution in [-0.4, -0.2) is 36.9 Å². The lowest BCUT2D eigenvalue weighted by atomic mass is 9.86. The highest BCUT2D eigenvalue weighted by molar-refractivity contribution is 6.04. The van der Waals surface area contributed by atoms with E-state index in [1.165, 1.54) is 0 Å². The first-order valence-electron chi connectivity index (χ1n) is 9.92. The molecule has 0 aromatic heterocycles. The fourth-order valence-electron chi connectivity index (χ4n) is 4.07. The minimum atomic E-state index is -0.134. The Morgan fingerprint density at radius 3 is 3.00 bits per heavy atom. The van der Waals surface area contributed by atoms with Crippen LogP contribution < -0.4 is 10.6 Å². The highest BCUT2D eigenvalue weighted by Gasteiger charge is 2.34. The second-order valence-corrected chi connectivity index (χ2v) is 7.42. The molecule has 26 heavy (non-hydrogen) atoms. The first kappa shape index (κ1) is 18.9. The van der Waals surface area contributed by atoms with Crippen molar-refractivity contribution in [1.29, 1.82) is 0 Å². The molecule has 0 bridgehead atoms. The summed E-state index contributed by atoms with van der Waals surface area (Å²) in [5.74, 6) is 1.10. The normalized spacial score (nSPS) is 28.7. The Kier molecular flexibility index (Phi) is 5.97. The molecule has 2 aliphatic heterocycles. The van der Waals surface area contributed by atoms with Gasteiger partial charge in [-0.2, -0.15) is 0 Å². The molecule has 3 aliphatic rings. The zero-order valence-corrected chi connectivity index (χ0v) is 16.2. The van der Waals surface area contributed by atoms with Gasteiger partial charge in [0.2, 0.25) is 5.91 Å². The quantitative estimate of drug-likeness (QED) is 0.794. The predicted molar refractivity (Wildman–Crippen MR) is 105 cm³/mol. The minimum absolute atomic E-state index is 0.0435. The molecule has 5 nitrogen and oxygen atoms in total. The molecule has 2 atom stereocenters. The monoisotopic (exact) mass is 357 g/mol. The summed E-state index contributed by atoms with van der Waals surface area (Å²) < 4.78 is 5.75. The number of fused-ring (bicyclic) bond motifs is 1. The third-order valence-electron chi connectivity index (χ3n) is 5.73. The summed E-state index contributed by atoms with van der Waals surface area (Å²) in [6, 6.07) is 0. The molecular weight excluding hydrogens is 326 g/mol. The summed E-state index contributed by atoms with van der Waals surface area (Å²) >= 11 is 0. The van der Waals surface area contributed by atoms with Gasteiger partial charge in [-0.1, -0.05) is 19.1 Å². The lowest BCUT2D eigenvalue weighted by molar-refractivity contribution is -0.119. The maximum Gasteiger partial charge on any atom is 0.249 e. The van der Waals surface area contributed by atoms with E-state index in [9.17, 15) is 4.79 Å². The summed E-state index contributed by atoms with van der Waals surface area (Å²) in [5.41, 5.74) is 2.45. The van der Waals surface area contributed by atoms with Crippen LogP contribution in [0.3, 0.4) is 0 Å². The molecule has 2 unspecified atom stereocenters. The Labute approximate surface area is 156 Å². The molecule has 0 spiro atoms. The highest BCUT2D eigenvalue weighted by atomic mass is 16.5. The van der Waals surface area contributed by atoms with Crippen LogP contribution in [0.25, 0.3) is 0 Å². The molecule has 2 N–H and O–H groups in total. The summed E-state index contributed by atoms with van der Waals surface area (Å²) in [7, 11) is 0. The van der Waals surface area contributed by atoms with E-state index in [0.29, 0.717) is 6.61 Å². The van der Waals surface area contributed by atoms with Crippen LogP contribution in [0.5, 0.6) is 0 Å². The number of nitrogens with zero attached hydrogens (tertiary/aromatic N) is 1. The molecule has 2 heterocycles. The fourth-order valence-corrected chi connectivity index (χ4v) is 4.07. The van der Waals surface area contributed by atoms with Crippen LogP contribution >= 0.6 is 0 Å². The van der Waals surface area contributed by atoms with Gasteiger partial charge in [-0.3, -0.25) is 9.79 Å². The average Bonchev–Trinajstić information content (AvgIpc) is 2.82. The predicted octanol–water partition coefficient (Wildman–Crippen LogP) is 3.25. The lowest BCUT2D eigenvalue weighted by Crippen LogP contribution is -2.57. The van der Waals surface area contributed by atoms with Crippen molar-refractivity contribution in [3.63, 3.8) is 0 Å². The van der Waals surface area contributed by atoms with Crippen molar-refractivity contribution in [2.75, 3.05) is 19.7 Å². The maximum atomic E-state index is 13.1. The molecule has 1 saturated heterocycles. The number of ether oxygens (including phenoxy) is 1. The van der Waals surface area contributed by atoms with Gasteiger partial charge in [-0.25, -0.2) is 0 Å². The van der Waals surface area contributed by atoms with Crippen LogP contribution in [0.15, 0.2) is 40.2 Å². The van der Waals surface area contributed by atoms with Gasteiger partial charge in [-0.15, -0.1) is 0 Å². The fraction of sp³-hybridized carbons (Fsp3) is 0.619. The maximum absolute atomic E-state index is 13.1. The minimum Gasteiger partial charge on any atom is -0.492 e. The molecular formula is C21H31N3O2. The van der Waals surface area contributed by atoms with E-state index in [4.69, 9.17) is 9.73 Å². The number of aliphatic imine (C=N–C) groups is 1. The van der Waals surface area contributed by atoms with Gasteiger partial charge in [0.1, 0.15) is 5.76 Å². The zero-order chi connectivity index (χ0) is 18.6. The first-order chi connectivity index (χ1) is 12.6. The number of allylic oxidation sites excluding steroid dienone is 5. The van der Waals surface area contributed by atoms with Gasteiger partial charge in [-0.05, 0) is 58.6 Å². The van der Waals surface area contributed by atoms with Crippen LogP contribution in [0, 0.1) is 5.92 Å². The summed E-state index contributed by atoms with van der Waals surface area (Å²) in [6.07, 6.45) is 10.9. The second-order valence-electron chi connectivity index (χ2n) is 7.42. The Morgan fingerprint density at radius 1 is 1.46 bits per heavy atom. The van der Waals surface area contributed by atoms with E-state index in [-0.39, 0.29) is 17.4 Å². The van der Waals surface area contributed by atoms with Gasteiger partial charge in [0.15, 0.2) is 0 Å². The third kappa shape index (κ3) is 3.93. The van der Waals surface area contributed by atoms with E-state index in [0.717, 1.165) is 67.9 Å². The van der Waals surface area contributed by atoms with Crippen LogP contribution in [0.2, 0.25) is 0 Å². The summed E-state index contributed by atoms with van der Waals surface area (Å²) in [5, 5.41) is 6.76. The van der Waals surface area contributed by atoms with Crippen molar-refractivity contribution in [3.8, 4) is 0 Å². The number of amides is 1. The van der Waals surface area contributed by atoms with Crippen molar-refractivity contribution in [2.45, 2.75) is 58.4 Å². The molecule has 1 aliphatic carbocycles. The van der Waals surface area contributed by atoms with Gasteiger partial charge >= 0.3 is 0 Å². The Hall–Kier alpha value is -1.88. The molecule has 0 aromatic carbocycles. The van der Waals surface area contributed by atoms with Crippen LogP contribution in [0.1, 0.15) is 52.9 Å². The van der Waals surface area contributed by atoms with E-state index >= 15 is 0 Å². The van der Waals surface area contributed by atoms with Crippen molar-refractivity contribution in [1.82, 2.24) is 10.6 Å². The smallest absolute Gasteiger partial charge is 0.249 e. The first-order valence-corrected chi connectivity index (χ1v) is 9.92. The number of piperidine rings is 1. The number of nitrogens with one attached hydrogen (secondary N) is 2. The number of rotatable bonds is 5. The second kappa shape index (κ2) is 8.21. The SMILES string of the molecule is CCOC1=CC=CC2CCC(C(=O)NC3(CC)CCCNC3)=C(C)N=C12. The number of carbonyl (C=O) groups is 1. The zero-order valence-electron chi connectivity index (χ0n) is 16.2. The number of carbonyl (C=O) groups excluding carboxylic acids is 1. The number of hydrogen-bond donors (Lipinski definition) is 2. The van der Waals surface area contributed by atoms with Crippen molar-refractivity contribution in [3.05, 3.63) is 35.3 Å². The van der Waals surface area contributed by atoms with Gasteiger partial charge < -0.3 is 15.4 Å². The van der Waals surface area contributed by atoms with Crippen molar-refractivity contribution < 1.29 is 9.53 Å². The molecule has 1 fully saturated rings. The van der Waals surface area contributed by atoms with E-state index < -0.39 is 0 Å². The largest absolute Gasteiger partial charge is 0.492 e. The molecule has 142 valence electrons. The molecule has 0 radical (unpaired) electrons. The van der Waals surface area contributed by atoms with Gasteiger partial charge in [0.25, 0.3) is 0 Å². The molecule has 0 aromatic rings. The van der Waals surface area contributed by atoms with Crippen LogP contribution in [0.4, 0.5) is 0 Å². The number of hydrogen-bond acceptors (Lipinski definition) is 4. The van der Waals surface area contributed by atoms with Gasteiger partial charge in [0.05, 0.1) is 17.9 Å². The van der Waals surface area contributed by atoms with E-state index in [1.54, 1.807) is 0 Å². The highest BCUT2D eigenvalue weighted by Crippen LogP contribution is 2.30. The van der Waals surface area contributed by atoms with Gasteiger partial charge in [0, 0.05) is 23.7 Å². The molecule has 1 amide bonds. The lowest BCUT2D eigenvalue weighted by Gasteiger charge is -2.38. The topological polar surface area (TPSA) is 62.7 Å². The van der Waals surface area contributed by atoms with E-state index in [2.05, 4.69) is 23.6 Å².